The van der Waals surface area contributed by atoms with E-state index < -0.39 is 0 Å². The third kappa shape index (κ3) is 4.25. The fraction of sp³-hybridized carbons (Fsp3) is 0.375. The molecule has 1 aromatic rings. The highest BCUT2D eigenvalue weighted by Crippen LogP contribution is 2.17. The van der Waals surface area contributed by atoms with Crippen molar-refractivity contribution in [3.8, 4) is 6.07 Å². The maximum absolute atomic E-state index is 12.1. The van der Waals surface area contributed by atoms with Gasteiger partial charge in [0, 0.05) is 30.7 Å². The van der Waals surface area contributed by atoms with E-state index in [1.807, 2.05) is 11.0 Å². The molecule has 110 valence electrons. The lowest BCUT2D eigenvalue weighted by Crippen LogP contribution is -2.29. The smallest absolute Gasteiger partial charge is 0.267 e. The number of likely N-dealkylation sites (tertiary alicyclic amines) is 1. The highest BCUT2D eigenvalue weighted by Gasteiger charge is 2.16. The van der Waals surface area contributed by atoms with Crippen molar-refractivity contribution in [1.29, 1.82) is 5.26 Å². The van der Waals surface area contributed by atoms with Crippen molar-refractivity contribution in [3.63, 3.8) is 0 Å². The molecule has 0 unspecified atom stereocenters. The SMILES string of the molecule is CC1CCN(/C=C(/C#N)C(=O)Nc2ccc(N)cc2)CC1. The minimum atomic E-state index is -0.388. The monoisotopic (exact) mass is 284 g/mol. The number of rotatable bonds is 3. The summed E-state index contributed by atoms with van der Waals surface area (Å²) in [6.07, 6.45) is 3.85. The van der Waals surface area contributed by atoms with Crippen LogP contribution in [0.1, 0.15) is 19.8 Å². The molecule has 1 amide bonds. The largest absolute Gasteiger partial charge is 0.399 e. The molecule has 0 atom stereocenters. The second-order valence-electron chi connectivity index (χ2n) is 5.45. The Kier molecular flexibility index (Phi) is 4.83. The minimum Gasteiger partial charge on any atom is -0.399 e. The average Bonchev–Trinajstić information content (AvgIpc) is 2.49. The number of hydrogen-bond acceptors (Lipinski definition) is 4. The third-order valence-electron chi connectivity index (χ3n) is 3.66. The van der Waals surface area contributed by atoms with E-state index in [0.717, 1.165) is 25.9 Å². The van der Waals surface area contributed by atoms with Crippen molar-refractivity contribution in [2.24, 2.45) is 5.92 Å². The lowest BCUT2D eigenvalue weighted by atomic mass is 9.99. The molecule has 21 heavy (non-hydrogen) atoms. The van der Waals surface area contributed by atoms with Gasteiger partial charge in [0.05, 0.1) is 0 Å². The number of carbonyl (C=O) groups excluding carboxylic acids is 1. The summed E-state index contributed by atoms with van der Waals surface area (Å²) in [5, 5.41) is 11.9. The lowest BCUT2D eigenvalue weighted by molar-refractivity contribution is -0.112. The van der Waals surface area contributed by atoms with Crippen molar-refractivity contribution >= 4 is 17.3 Å². The van der Waals surface area contributed by atoms with Crippen LogP contribution in [0.15, 0.2) is 36.0 Å². The van der Waals surface area contributed by atoms with Gasteiger partial charge >= 0.3 is 0 Å². The molecule has 2 rings (SSSR count). The Labute approximate surface area is 125 Å². The molecule has 1 fully saturated rings. The average molecular weight is 284 g/mol. The van der Waals surface area contributed by atoms with E-state index in [9.17, 15) is 10.1 Å². The molecule has 1 aliphatic heterocycles. The van der Waals surface area contributed by atoms with Crippen molar-refractivity contribution < 1.29 is 4.79 Å². The number of nitrogen functional groups attached to an aromatic ring is 1. The van der Waals surface area contributed by atoms with Crippen molar-refractivity contribution in [3.05, 3.63) is 36.0 Å². The van der Waals surface area contributed by atoms with Gasteiger partial charge in [-0.05, 0) is 43.0 Å². The van der Waals surface area contributed by atoms with Crippen molar-refractivity contribution in [2.75, 3.05) is 24.1 Å². The maximum Gasteiger partial charge on any atom is 0.267 e. The Morgan fingerprint density at radius 1 is 1.38 bits per heavy atom. The summed E-state index contributed by atoms with van der Waals surface area (Å²) in [5.41, 5.74) is 6.98. The highest BCUT2D eigenvalue weighted by atomic mass is 16.1. The summed E-state index contributed by atoms with van der Waals surface area (Å²) < 4.78 is 0. The van der Waals surface area contributed by atoms with E-state index >= 15 is 0 Å². The minimum absolute atomic E-state index is 0.126. The van der Waals surface area contributed by atoms with Crippen molar-refractivity contribution in [2.45, 2.75) is 19.8 Å². The third-order valence-corrected chi connectivity index (χ3v) is 3.66. The number of hydrogen-bond donors (Lipinski definition) is 2. The summed E-state index contributed by atoms with van der Waals surface area (Å²) >= 11 is 0. The zero-order valence-corrected chi connectivity index (χ0v) is 12.2. The zero-order valence-electron chi connectivity index (χ0n) is 12.2. The van der Waals surface area contributed by atoms with Gasteiger partial charge in [0.25, 0.3) is 5.91 Å². The fourth-order valence-corrected chi connectivity index (χ4v) is 2.24. The van der Waals surface area contributed by atoms with Gasteiger partial charge in [0.15, 0.2) is 0 Å². The summed E-state index contributed by atoms with van der Waals surface area (Å²) in [4.78, 5) is 14.1. The van der Waals surface area contributed by atoms with Crippen LogP contribution < -0.4 is 11.1 Å². The van der Waals surface area contributed by atoms with Gasteiger partial charge in [-0.3, -0.25) is 4.79 Å². The fourth-order valence-electron chi connectivity index (χ4n) is 2.24. The first-order chi connectivity index (χ1) is 10.1. The van der Waals surface area contributed by atoms with Crippen LogP contribution in [0, 0.1) is 17.2 Å². The zero-order chi connectivity index (χ0) is 15.2. The molecule has 1 aliphatic rings. The Hall–Kier alpha value is -2.48. The molecule has 0 aliphatic carbocycles. The number of nitrogens with zero attached hydrogens (tertiary/aromatic N) is 2. The van der Waals surface area contributed by atoms with Crippen LogP contribution in [0.2, 0.25) is 0 Å². The topological polar surface area (TPSA) is 82.2 Å². The van der Waals surface area contributed by atoms with Gasteiger partial charge in [-0.15, -0.1) is 0 Å². The number of benzene rings is 1. The molecule has 1 aromatic carbocycles. The van der Waals surface area contributed by atoms with Crippen LogP contribution in [0.5, 0.6) is 0 Å². The lowest BCUT2D eigenvalue weighted by Gasteiger charge is -2.29. The Bertz CT molecular complexity index is 563. The number of anilines is 2. The van der Waals surface area contributed by atoms with Crippen LogP contribution in [-0.2, 0) is 4.79 Å². The molecule has 0 spiro atoms. The van der Waals surface area contributed by atoms with Gasteiger partial charge in [0.2, 0.25) is 0 Å². The normalized spacial score (nSPS) is 16.4. The van der Waals surface area contributed by atoms with E-state index in [4.69, 9.17) is 5.73 Å². The van der Waals surface area contributed by atoms with Crippen LogP contribution >= 0.6 is 0 Å². The number of nitrogens with one attached hydrogen (secondary N) is 1. The van der Waals surface area contributed by atoms with E-state index in [-0.39, 0.29) is 11.5 Å². The standard InChI is InChI=1S/C16H20N4O/c1-12-6-8-20(9-7-12)11-13(10-17)16(21)19-15-4-2-14(18)3-5-15/h2-5,11-12H,6-9,18H2,1H3,(H,19,21)/b13-11-. The van der Waals surface area contributed by atoms with Gasteiger partial charge < -0.3 is 16.0 Å². The summed E-state index contributed by atoms with van der Waals surface area (Å²) in [6.45, 7) is 4.00. The Morgan fingerprint density at radius 3 is 2.57 bits per heavy atom. The number of piperidine rings is 1. The first-order valence-corrected chi connectivity index (χ1v) is 7.11. The molecule has 0 aromatic heterocycles. The van der Waals surface area contributed by atoms with E-state index in [1.165, 1.54) is 0 Å². The maximum atomic E-state index is 12.1. The Balaban J connectivity index is 2.01. The molecule has 1 heterocycles. The molecule has 5 nitrogen and oxygen atoms in total. The molecule has 1 saturated heterocycles. The summed E-state index contributed by atoms with van der Waals surface area (Å²) in [5.74, 6) is 0.324. The van der Waals surface area contributed by atoms with Gasteiger partial charge in [0.1, 0.15) is 11.6 Å². The number of nitriles is 1. The molecule has 0 saturated carbocycles. The van der Waals surface area contributed by atoms with Gasteiger partial charge in [-0.25, -0.2) is 0 Å². The van der Waals surface area contributed by atoms with E-state index in [0.29, 0.717) is 17.3 Å². The molecule has 3 N–H and O–H groups in total. The summed E-state index contributed by atoms with van der Waals surface area (Å²) in [6, 6.07) is 8.81. The quantitative estimate of drug-likeness (QED) is 0.507. The van der Waals surface area contributed by atoms with Crippen LogP contribution in [-0.4, -0.2) is 23.9 Å². The number of carbonyl (C=O) groups is 1. The second-order valence-corrected chi connectivity index (χ2v) is 5.45. The molecule has 0 radical (unpaired) electrons. The first kappa shape index (κ1) is 14.9. The molecular formula is C16H20N4O. The van der Waals surface area contributed by atoms with E-state index in [1.54, 1.807) is 30.5 Å². The van der Waals surface area contributed by atoms with Gasteiger partial charge in [-0.1, -0.05) is 6.92 Å². The van der Waals surface area contributed by atoms with Crippen LogP contribution in [0.25, 0.3) is 0 Å². The summed E-state index contributed by atoms with van der Waals surface area (Å²) in [7, 11) is 0. The van der Waals surface area contributed by atoms with Crippen molar-refractivity contribution in [1.82, 2.24) is 4.90 Å². The van der Waals surface area contributed by atoms with E-state index in [2.05, 4.69) is 12.2 Å². The molecular weight excluding hydrogens is 264 g/mol. The van der Waals surface area contributed by atoms with Crippen LogP contribution in [0.3, 0.4) is 0 Å². The molecule has 0 bridgehead atoms. The first-order valence-electron chi connectivity index (χ1n) is 7.11. The van der Waals surface area contributed by atoms with Crippen LogP contribution in [0.4, 0.5) is 11.4 Å². The highest BCUT2D eigenvalue weighted by molar-refractivity contribution is 6.06. The predicted octanol–water partition coefficient (Wildman–Crippen LogP) is 2.35. The van der Waals surface area contributed by atoms with Gasteiger partial charge in [-0.2, -0.15) is 5.26 Å². The Morgan fingerprint density at radius 2 is 2.00 bits per heavy atom. The molecule has 5 heteroatoms. The number of amides is 1. The predicted molar refractivity (Wildman–Crippen MR) is 83.2 cm³/mol. The second kappa shape index (κ2) is 6.80. The number of nitrogens with two attached hydrogens (primary N) is 1.